The molecule has 0 bridgehead atoms. The molecule has 2 rings (SSSR count). The zero-order chi connectivity index (χ0) is 12.3. The molecule has 0 aliphatic heterocycles. The molecule has 0 radical (unpaired) electrons. The van der Waals surface area contributed by atoms with E-state index in [2.05, 4.69) is 39.2 Å². The van der Waals surface area contributed by atoms with Crippen LogP contribution in [0, 0.1) is 0 Å². The normalized spacial score (nSPS) is 12.6. The summed E-state index contributed by atoms with van der Waals surface area (Å²) in [6.45, 7) is 2.87. The monoisotopic (exact) mass is 330 g/mol. The Bertz CT molecular complexity index is 501. The molecule has 0 spiro atoms. The molecule has 0 aromatic carbocycles. The van der Waals surface area contributed by atoms with Crippen LogP contribution >= 0.6 is 38.9 Å². The van der Waals surface area contributed by atoms with Crippen molar-refractivity contribution < 1.29 is 0 Å². The van der Waals surface area contributed by atoms with Gasteiger partial charge in [0.1, 0.15) is 4.60 Å². The number of hydrogen-bond acceptors (Lipinski definition) is 3. The van der Waals surface area contributed by atoms with E-state index >= 15 is 0 Å². The van der Waals surface area contributed by atoms with Crippen LogP contribution in [-0.4, -0.2) is 4.98 Å². The van der Waals surface area contributed by atoms with Gasteiger partial charge in [0, 0.05) is 17.5 Å². The van der Waals surface area contributed by atoms with Gasteiger partial charge < -0.3 is 5.32 Å². The maximum absolute atomic E-state index is 5.91. The van der Waals surface area contributed by atoms with E-state index < -0.39 is 0 Å². The molecule has 2 heterocycles. The molecule has 0 saturated heterocycles. The van der Waals surface area contributed by atoms with E-state index in [-0.39, 0.29) is 6.04 Å². The third kappa shape index (κ3) is 3.78. The lowest BCUT2D eigenvalue weighted by Crippen LogP contribution is -2.17. The maximum atomic E-state index is 5.91. The van der Waals surface area contributed by atoms with Gasteiger partial charge in [-0.05, 0) is 47.1 Å². The topological polar surface area (TPSA) is 24.9 Å². The summed E-state index contributed by atoms with van der Waals surface area (Å²) in [4.78, 5) is 5.62. The van der Waals surface area contributed by atoms with Crippen LogP contribution in [0.1, 0.15) is 23.5 Å². The van der Waals surface area contributed by atoms with Crippen molar-refractivity contribution in [3.8, 4) is 0 Å². The van der Waals surface area contributed by atoms with Gasteiger partial charge in [-0.15, -0.1) is 11.3 Å². The van der Waals surface area contributed by atoms with Gasteiger partial charge in [-0.3, -0.25) is 0 Å². The first-order valence-corrected chi connectivity index (χ1v) is 7.24. The smallest absolute Gasteiger partial charge is 0.106 e. The summed E-state index contributed by atoms with van der Waals surface area (Å²) < 4.78 is 1.69. The van der Waals surface area contributed by atoms with Crippen LogP contribution in [0.25, 0.3) is 0 Å². The first-order valence-electron chi connectivity index (χ1n) is 5.25. The second-order valence-electron chi connectivity index (χ2n) is 3.70. The first-order chi connectivity index (χ1) is 8.15. The molecule has 1 unspecified atom stereocenters. The fourth-order valence-corrected chi connectivity index (χ4v) is 2.94. The average Bonchev–Trinajstić information content (AvgIpc) is 2.73. The molecule has 2 aromatic heterocycles. The maximum Gasteiger partial charge on any atom is 0.106 e. The van der Waals surface area contributed by atoms with Gasteiger partial charge >= 0.3 is 0 Å². The number of hydrogen-bond donors (Lipinski definition) is 1. The number of aromatic nitrogens is 1. The van der Waals surface area contributed by atoms with Crippen LogP contribution in [0.4, 0.5) is 0 Å². The van der Waals surface area contributed by atoms with Gasteiger partial charge in [0.05, 0.1) is 10.0 Å². The Balaban J connectivity index is 1.94. The van der Waals surface area contributed by atoms with E-state index in [1.54, 1.807) is 11.3 Å². The second-order valence-corrected chi connectivity index (χ2v) is 6.26. The minimum atomic E-state index is 0.285. The first kappa shape index (κ1) is 13.0. The molecule has 0 amide bonds. The Labute approximate surface area is 118 Å². The van der Waals surface area contributed by atoms with Crippen molar-refractivity contribution in [3.63, 3.8) is 0 Å². The van der Waals surface area contributed by atoms with E-state index in [4.69, 9.17) is 11.6 Å². The van der Waals surface area contributed by atoms with Crippen molar-refractivity contribution in [2.45, 2.75) is 19.5 Å². The average molecular weight is 332 g/mol. The highest BCUT2D eigenvalue weighted by molar-refractivity contribution is 9.10. The molecule has 1 N–H and O–H groups in total. The Kier molecular flexibility index (Phi) is 4.56. The zero-order valence-corrected chi connectivity index (χ0v) is 12.4. The summed E-state index contributed by atoms with van der Waals surface area (Å²) in [6.07, 6.45) is 0. The van der Waals surface area contributed by atoms with Gasteiger partial charge in [0.2, 0.25) is 0 Å². The van der Waals surface area contributed by atoms with Crippen LogP contribution in [0.15, 0.2) is 34.9 Å². The van der Waals surface area contributed by atoms with Crippen molar-refractivity contribution >= 4 is 38.9 Å². The highest BCUT2D eigenvalue weighted by Gasteiger charge is 2.07. The molecule has 90 valence electrons. The lowest BCUT2D eigenvalue weighted by Gasteiger charge is -2.11. The molecule has 2 nitrogen and oxygen atoms in total. The number of nitrogens with one attached hydrogen (secondary N) is 1. The Morgan fingerprint density at radius 3 is 2.88 bits per heavy atom. The van der Waals surface area contributed by atoms with Gasteiger partial charge in [-0.2, -0.15) is 0 Å². The van der Waals surface area contributed by atoms with Gasteiger partial charge in [0.25, 0.3) is 0 Å². The Morgan fingerprint density at radius 1 is 1.41 bits per heavy atom. The van der Waals surface area contributed by atoms with Crippen LogP contribution in [0.2, 0.25) is 4.34 Å². The molecule has 1 atom stereocenters. The van der Waals surface area contributed by atoms with Gasteiger partial charge in [0.15, 0.2) is 0 Å². The van der Waals surface area contributed by atoms with Crippen molar-refractivity contribution in [2.24, 2.45) is 0 Å². The molecule has 0 aliphatic carbocycles. The number of nitrogens with zero attached hydrogens (tertiary/aromatic N) is 1. The summed E-state index contributed by atoms with van der Waals surface area (Å²) in [5.41, 5.74) is 1.02. The molecular formula is C12H12BrClN2S. The van der Waals surface area contributed by atoms with Crippen LogP contribution in [-0.2, 0) is 6.54 Å². The standard InChI is InChI=1S/C12H12BrClN2S/c1-8(10-5-6-12(14)17-10)15-7-9-3-2-4-11(13)16-9/h2-6,8,15H,7H2,1H3. The molecule has 5 heteroatoms. The lowest BCUT2D eigenvalue weighted by molar-refractivity contribution is 0.575. The van der Waals surface area contributed by atoms with E-state index in [1.165, 1.54) is 4.88 Å². The van der Waals surface area contributed by atoms with Crippen LogP contribution in [0.5, 0.6) is 0 Å². The molecule has 0 saturated carbocycles. The third-order valence-electron chi connectivity index (χ3n) is 2.38. The summed E-state index contributed by atoms with van der Waals surface area (Å²) in [5.74, 6) is 0. The molecule has 17 heavy (non-hydrogen) atoms. The van der Waals surface area contributed by atoms with Crippen molar-refractivity contribution in [3.05, 3.63) is 49.8 Å². The lowest BCUT2D eigenvalue weighted by atomic mass is 10.2. The third-order valence-corrected chi connectivity index (χ3v) is 4.24. The highest BCUT2D eigenvalue weighted by Crippen LogP contribution is 2.26. The van der Waals surface area contributed by atoms with Gasteiger partial charge in [-0.1, -0.05) is 17.7 Å². The minimum absolute atomic E-state index is 0.285. The fraction of sp³-hybridized carbons (Fsp3) is 0.250. The van der Waals surface area contributed by atoms with Crippen molar-refractivity contribution in [1.82, 2.24) is 10.3 Å². The van der Waals surface area contributed by atoms with Crippen molar-refractivity contribution in [1.29, 1.82) is 0 Å². The van der Waals surface area contributed by atoms with E-state index in [1.807, 2.05) is 24.3 Å². The summed E-state index contributed by atoms with van der Waals surface area (Å²) in [7, 11) is 0. The number of halogens is 2. The zero-order valence-electron chi connectivity index (χ0n) is 9.28. The summed E-state index contributed by atoms with van der Waals surface area (Å²) in [5, 5.41) is 3.42. The summed E-state index contributed by atoms with van der Waals surface area (Å²) >= 11 is 10.9. The minimum Gasteiger partial charge on any atom is -0.304 e. The predicted octanol–water partition coefficient (Wildman–Crippen LogP) is 4.41. The molecular weight excluding hydrogens is 320 g/mol. The van der Waals surface area contributed by atoms with E-state index in [9.17, 15) is 0 Å². The fourth-order valence-electron chi connectivity index (χ4n) is 1.47. The van der Waals surface area contributed by atoms with E-state index in [0.717, 1.165) is 21.2 Å². The molecule has 0 fully saturated rings. The van der Waals surface area contributed by atoms with E-state index in [0.29, 0.717) is 0 Å². The number of rotatable bonds is 4. The molecule has 2 aromatic rings. The largest absolute Gasteiger partial charge is 0.304 e. The van der Waals surface area contributed by atoms with Gasteiger partial charge in [-0.25, -0.2) is 4.98 Å². The van der Waals surface area contributed by atoms with Crippen molar-refractivity contribution in [2.75, 3.05) is 0 Å². The number of pyridine rings is 1. The predicted molar refractivity (Wildman–Crippen MR) is 76.5 cm³/mol. The van der Waals surface area contributed by atoms with Crippen LogP contribution < -0.4 is 5.32 Å². The van der Waals surface area contributed by atoms with Crippen LogP contribution in [0.3, 0.4) is 0 Å². The Hall–Kier alpha value is -0.420. The quantitative estimate of drug-likeness (QED) is 0.839. The molecule has 0 aliphatic rings. The SMILES string of the molecule is CC(NCc1cccc(Br)n1)c1ccc(Cl)s1. The Morgan fingerprint density at radius 2 is 2.24 bits per heavy atom. The highest BCUT2D eigenvalue weighted by atomic mass is 79.9. The summed E-state index contributed by atoms with van der Waals surface area (Å²) in [6, 6.07) is 10.2. The number of thiophene rings is 1. The second kappa shape index (κ2) is 5.96.